The minimum absolute atomic E-state index is 0.100. The Morgan fingerprint density at radius 2 is 1.81 bits per heavy atom. The summed E-state index contributed by atoms with van der Waals surface area (Å²) in [4.78, 5) is 10.4. The molecule has 2 atom stereocenters. The second kappa shape index (κ2) is 9.11. The van der Waals surface area contributed by atoms with Gasteiger partial charge in [-0.25, -0.2) is 0 Å². The van der Waals surface area contributed by atoms with Crippen LogP contribution in [0.15, 0.2) is 24.3 Å². The van der Waals surface area contributed by atoms with Gasteiger partial charge in [-0.1, -0.05) is 18.6 Å². The van der Waals surface area contributed by atoms with E-state index < -0.39 is 18.2 Å². The molecule has 5 heteroatoms. The highest BCUT2D eigenvalue weighted by Crippen LogP contribution is 2.12. The van der Waals surface area contributed by atoms with E-state index in [-0.39, 0.29) is 12.8 Å². The summed E-state index contributed by atoms with van der Waals surface area (Å²) in [7, 11) is 0. The highest BCUT2D eigenvalue weighted by Gasteiger charge is 2.14. The third-order valence-corrected chi connectivity index (χ3v) is 3.29. The molecule has 0 heterocycles. The van der Waals surface area contributed by atoms with E-state index in [0.29, 0.717) is 12.0 Å². The third-order valence-electron chi connectivity index (χ3n) is 3.29. The molecular weight excluding hydrogens is 270 g/mol. The maximum atomic E-state index is 10.4. The number of hydrogen-bond donors (Lipinski definition) is 3. The fourth-order valence-corrected chi connectivity index (χ4v) is 2.17. The number of aryl methyl sites for hydroxylation is 1. The molecular formula is C16H21NO4. The van der Waals surface area contributed by atoms with Gasteiger partial charge in [0.2, 0.25) is 0 Å². The van der Waals surface area contributed by atoms with Crippen LogP contribution in [0.1, 0.15) is 43.2 Å². The van der Waals surface area contributed by atoms with Crippen LogP contribution < -0.4 is 0 Å². The Kier molecular flexibility index (Phi) is 7.44. The van der Waals surface area contributed by atoms with Crippen LogP contribution in [0.5, 0.6) is 0 Å². The average molecular weight is 291 g/mol. The zero-order chi connectivity index (χ0) is 15.7. The molecule has 1 aromatic carbocycles. The standard InChI is InChI=1S/C16H21NO4/c17-11-13-7-5-12(6-8-13)3-1-2-4-14(18)9-15(19)10-16(20)21/h5-8,14-15,18-19H,1-4,9-10H2,(H,20,21). The highest BCUT2D eigenvalue weighted by molar-refractivity contribution is 5.67. The van der Waals surface area contributed by atoms with Crippen molar-refractivity contribution in [1.82, 2.24) is 0 Å². The van der Waals surface area contributed by atoms with Gasteiger partial charge in [-0.15, -0.1) is 0 Å². The third kappa shape index (κ3) is 7.45. The Hall–Kier alpha value is -1.90. The summed E-state index contributed by atoms with van der Waals surface area (Å²) in [6.07, 6.45) is 1.24. The van der Waals surface area contributed by atoms with Crippen LogP contribution in [-0.2, 0) is 11.2 Å². The van der Waals surface area contributed by atoms with Crippen LogP contribution in [0, 0.1) is 11.3 Å². The quantitative estimate of drug-likeness (QED) is 0.603. The van der Waals surface area contributed by atoms with Gasteiger partial charge in [0.25, 0.3) is 0 Å². The van der Waals surface area contributed by atoms with E-state index in [1.54, 1.807) is 12.1 Å². The summed E-state index contributed by atoms with van der Waals surface area (Å²) in [5.74, 6) is -1.06. The van der Waals surface area contributed by atoms with Crippen LogP contribution >= 0.6 is 0 Å². The first kappa shape index (κ1) is 17.2. The molecule has 0 aromatic heterocycles. The number of aliphatic carboxylic acids is 1. The zero-order valence-corrected chi connectivity index (χ0v) is 11.9. The van der Waals surface area contributed by atoms with Crippen molar-refractivity contribution in [1.29, 1.82) is 5.26 Å². The number of benzene rings is 1. The van der Waals surface area contributed by atoms with Crippen LogP contribution in [0.2, 0.25) is 0 Å². The van der Waals surface area contributed by atoms with Crippen LogP contribution in [0.25, 0.3) is 0 Å². The minimum atomic E-state index is -1.06. The lowest BCUT2D eigenvalue weighted by Crippen LogP contribution is -2.20. The molecule has 0 radical (unpaired) electrons. The number of aliphatic hydroxyl groups excluding tert-OH is 2. The van der Waals surface area contributed by atoms with Gasteiger partial charge >= 0.3 is 5.97 Å². The molecule has 1 aromatic rings. The van der Waals surface area contributed by atoms with E-state index in [2.05, 4.69) is 6.07 Å². The average Bonchev–Trinajstić information content (AvgIpc) is 2.43. The molecule has 114 valence electrons. The molecule has 1 rings (SSSR count). The van der Waals surface area contributed by atoms with Crippen molar-refractivity contribution in [2.75, 3.05) is 0 Å². The number of aliphatic hydroxyl groups is 2. The lowest BCUT2D eigenvalue weighted by atomic mass is 10.0. The molecule has 0 aliphatic rings. The van der Waals surface area contributed by atoms with Crippen LogP contribution in [0.3, 0.4) is 0 Å². The van der Waals surface area contributed by atoms with Crippen molar-refractivity contribution in [3.63, 3.8) is 0 Å². The Morgan fingerprint density at radius 3 is 2.38 bits per heavy atom. The smallest absolute Gasteiger partial charge is 0.305 e. The normalized spacial score (nSPS) is 13.4. The Morgan fingerprint density at radius 1 is 1.14 bits per heavy atom. The predicted octanol–water partition coefficient (Wildman–Crippen LogP) is 1.86. The molecule has 21 heavy (non-hydrogen) atoms. The monoisotopic (exact) mass is 291 g/mol. The SMILES string of the molecule is N#Cc1ccc(CCCCC(O)CC(O)CC(=O)O)cc1. The van der Waals surface area contributed by atoms with Gasteiger partial charge < -0.3 is 15.3 Å². The van der Waals surface area contributed by atoms with Gasteiger partial charge in [0.15, 0.2) is 0 Å². The Bertz CT molecular complexity index is 478. The van der Waals surface area contributed by atoms with Crippen LogP contribution in [0.4, 0.5) is 0 Å². The molecule has 0 aliphatic carbocycles. The second-order valence-corrected chi connectivity index (χ2v) is 5.20. The highest BCUT2D eigenvalue weighted by atomic mass is 16.4. The molecule has 0 spiro atoms. The molecule has 0 saturated heterocycles. The minimum Gasteiger partial charge on any atom is -0.481 e. The first-order chi connectivity index (χ1) is 10.0. The van der Waals surface area contributed by atoms with Gasteiger partial charge in [-0.05, 0) is 43.4 Å². The molecule has 0 amide bonds. The van der Waals surface area contributed by atoms with E-state index in [4.69, 9.17) is 10.4 Å². The number of nitriles is 1. The van der Waals surface area contributed by atoms with E-state index in [9.17, 15) is 15.0 Å². The maximum Gasteiger partial charge on any atom is 0.305 e. The molecule has 0 saturated carbocycles. The number of carboxylic acid groups (broad SMARTS) is 1. The van der Waals surface area contributed by atoms with Crippen molar-refractivity contribution in [3.05, 3.63) is 35.4 Å². The Labute approximate surface area is 124 Å². The first-order valence-electron chi connectivity index (χ1n) is 7.08. The number of carboxylic acids is 1. The predicted molar refractivity (Wildman–Crippen MR) is 77.6 cm³/mol. The van der Waals surface area contributed by atoms with Gasteiger partial charge in [0, 0.05) is 0 Å². The number of hydrogen-bond acceptors (Lipinski definition) is 4. The molecule has 0 aliphatic heterocycles. The Balaban J connectivity index is 2.18. The summed E-state index contributed by atoms with van der Waals surface area (Å²) in [6.45, 7) is 0. The van der Waals surface area contributed by atoms with Crippen molar-refractivity contribution < 1.29 is 20.1 Å². The van der Waals surface area contributed by atoms with Gasteiger partial charge in [0.1, 0.15) is 0 Å². The molecule has 0 bridgehead atoms. The first-order valence-corrected chi connectivity index (χ1v) is 7.08. The lowest BCUT2D eigenvalue weighted by molar-refractivity contribution is -0.139. The lowest BCUT2D eigenvalue weighted by Gasteiger charge is -2.14. The van der Waals surface area contributed by atoms with Crippen molar-refractivity contribution in [2.24, 2.45) is 0 Å². The number of nitrogens with zero attached hydrogens (tertiary/aromatic N) is 1. The van der Waals surface area contributed by atoms with Crippen LogP contribution in [-0.4, -0.2) is 33.5 Å². The number of unbranched alkanes of at least 4 members (excludes halogenated alkanes) is 1. The summed E-state index contributed by atoms with van der Waals surface area (Å²) < 4.78 is 0. The largest absolute Gasteiger partial charge is 0.481 e. The van der Waals surface area contributed by atoms with Gasteiger partial charge in [-0.3, -0.25) is 4.79 Å². The molecule has 3 N–H and O–H groups in total. The van der Waals surface area contributed by atoms with E-state index in [1.807, 2.05) is 12.1 Å². The van der Waals surface area contributed by atoms with Gasteiger partial charge in [-0.2, -0.15) is 5.26 Å². The van der Waals surface area contributed by atoms with Gasteiger partial charge in [0.05, 0.1) is 30.3 Å². The van der Waals surface area contributed by atoms with Crippen molar-refractivity contribution >= 4 is 5.97 Å². The molecule has 5 nitrogen and oxygen atoms in total. The molecule has 2 unspecified atom stereocenters. The summed E-state index contributed by atoms with van der Waals surface area (Å²) in [6, 6.07) is 9.48. The second-order valence-electron chi connectivity index (χ2n) is 5.20. The fourth-order valence-electron chi connectivity index (χ4n) is 2.17. The zero-order valence-electron chi connectivity index (χ0n) is 11.9. The van der Waals surface area contributed by atoms with E-state index in [1.165, 1.54) is 0 Å². The van der Waals surface area contributed by atoms with Crippen molar-refractivity contribution in [2.45, 2.75) is 50.7 Å². The summed E-state index contributed by atoms with van der Waals surface area (Å²) in [5.41, 5.74) is 1.79. The van der Waals surface area contributed by atoms with E-state index >= 15 is 0 Å². The van der Waals surface area contributed by atoms with Crippen molar-refractivity contribution in [3.8, 4) is 6.07 Å². The molecule has 0 fully saturated rings. The number of rotatable bonds is 9. The maximum absolute atomic E-state index is 10.4. The fraction of sp³-hybridized carbons (Fsp3) is 0.500. The summed E-state index contributed by atoms with van der Waals surface area (Å²) >= 11 is 0. The van der Waals surface area contributed by atoms with E-state index in [0.717, 1.165) is 24.8 Å². The topological polar surface area (TPSA) is 102 Å². The number of carbonyl (C=O) groups is 1. The summed E-state index contributed by atoms with van der Waals surface area (Å²) in [5, 5.41) is 36.3.